The molecule has 0 radical (unpaired) electrons. The molecule has 0 fully saturated rings. The Bertz CT molecular complexity index is 1180. The molecule has 0 aliphatic rings. The van der Waals surface area contributed by atoms with Crippen LogP contribution in [0.5, 0.6) is 0 Å². The van der Waals surface area contributed by atoms with Crippen LogP contribution in [0.4, 0.5) is 0 Å². The fourth-order valence-electron chi connectivity index (χ4n) is 7.10. The number of carbonyl (C=O) groups is 1. The van der Waals surface area contributed by atoms with Gasteiger partial charge in [0.2, 0.25) is 5.91 Å². The van der Waals surface area contributed by atoms with Crippen LogP contribution in [0, 0.1) is 0 Å². The second-order valence-corrected chi connectivity index (χ2v) is 16.8. The van der Waals surface area contributed by atoms with Gasteiger partial charge < -0.3 is 15.5 Å². The molecule has 4 heteroatoms. The van der Waals surface area contributed by atoms with Crippen molar-refractivity contribution < 1.29 is 15.0 Å². The van der Waals surface area contributed by atoms with E-state index in [0.717, 1.165) is 89.9 Å². The number of hydrogen-bond donors (Lipinski definition) is 3. The molecule has 3 N–H and O–H groups in total. The van der Waals surface area contributed by atoms with Crippen molar-refractivity contribution >= 4 is 5.91 Å². The molecule has 0 saturated carbocycles. The highest BCUT2D eigenvalue weighted by molar-refractivity contribution is 5.76. The van der Waals surface area contributed by atoms with Gasteiger partial charge in [-0.3, -0.25) is 4.79 Å². The fraction of sp³-hybridized carbons (Fsp3) is 0.667. The average Bonchev–Trinajstić information content (AvgIpc) is 3.26. The summed E-state index contributed by atoms with van der Waals surface area (Å²) < 4.78 is 0. The van der Waals surface area contributed by atoms with Gasteiger partial charge in [-0.1, -0.05) is 232 Å². The van der Waals surface area contributed by atoms with Gasteiger partial charge in [-0.15, -0.1) is 0 Å². The molecule has 2 atom stereocenters. The zero-order chi connectivity index (χ0) is 44.2. The number of nitrogens with one attached hydrogen (secondary N) is 1. The predicted octanol–water partition coefficient (Wildman–Crippen LogP) is 16.7. The third-order valence-electron chi connectivity index (χ3n) is 11.0. The SMILES string of the molecule is CC/C=C\C/C=C\C/C=C\C/C=C\C/C=C\C/C=C\CCCCCCCCC(=O)NC(CO)C(O)/C=C/CC/C=C/CC/C=C/CCCCCCCCCCCCCCCC. The number of amides is 1. The molecule has 0 bridgehead atoms. The number of aliphatic hydroxyl groups is 2. The molecule has 0 spiro atoms. The van der Waals surface area contributed by atoms with Crippen LogP contribution in [-0.2, 0) is 4.79 Å². The van der Waals surface area contributed by atoms with E-state index in [1.165, 1.54) is 116 Å². The van der Waals surface area contributed by atoms with Gasteiger partial charge in [-0.05, 0) is 96.3 Å². The third-order valence-corrected chi connectivity index (χ3v) is 11.0. The average molecular weight is 844 g/mol. The first-order valence-corrected chi connectivity index (χ1v) is 25.6. The fourth-order valence-corrected chi connectivity index (χ4v) is 7.10. The van der Waals surface area contributed by atoms with Gasteiger partial charge in [0.1, 0.15) is 0 Å². The van der Waals surface area contributed by atoms with E-state index in [4.69, 9.17) is 0 Å². The van der Waals surface area contributed by atoms with Gasteiger partial charge in [0.15, 0.2) is 0 Å². The number of allylic oxidation sites excluding steroid dienone is 17. The topological polar surface area (TPSA) is 69.6 Å². The van der Waals surface area contributed by atoms with Crippen molar-refractivity contribution in [2.24, 2.45) is 0 Å². The molecule has 0 aromatic rings. The van der Waals surface area contributed by atoms with E-state index in [1.807, 2.05) is 6.08 Å². The summed E-state index contributed by atoms with van der Waals surface area (Å²) in [5.74, 6) is -0.0966. The number of hydrogen-bond acceptors (Lipinski definition) is 3. The number of rotatable bonds is 45. The van der Waals surface area contributed by atoms with Crippen LogP contribution in [0.25, 0.3) is 0 Å². The van der Waals surface area contributed by atoms with Gasteiger partial charge in [0.05, 0.1) is 18.8 Å². The second kappa shape index (κ2) is 51.4. The van der Waals surface area contributed by atoms with Crippen LogP contribution in [0.3, 0.4) is 0 Å². The molecule has 2 unspecified atom stereocenters. The normalized spacial score (nSPS) is 13.8. The first-order chi connectivity index (χ1) is 30.2. The summed E-state index contributed by atoms with van der Waals surface area (Å²) >= 11 is 0. The van der Waals surface area contributed by atoms with Gasteiger partial charge in [-0.25, -0.2) is 0 Å². The molecule has 0 rings (SSSR count). The summed E-state index contributed by atoms with van der Waals surface area (Å²) in [6.07, 6.45) is 77.9. The second-order valence-electron chi connectivity index (χ2n) is 16.8. The number of unbranched alkanes of at least 4 members (excludes halogenated alkanes) is 22. The van der Waals surface area contributed by atoms with Crippen molar-refractivity contribution in [1.82, 2.24) is 5.32 Å². The molecule has 0 aliphatic carbocycles. The molecule has 0 aromatic carbocycles. The van der Waals surface area contributed by atoms with Crippen molar-refractivity contribution in [2.75, 3.05) is 6.61 Å². The third kappa shape index (κ3) is 47.9. The molecule has 1 amide bonds. The maximum atomic E-state index is 12.4. The molecular weight excluding hydrogens is 747 g/mol. The van der Waals surface area contributed by atoms with Gasteiger partial charge in [0, 0.05) is 6.42 Å². The van der Waals surface area contributed by atoms with Crippen molar-refractivity contribution in [3.8, 4) is 0 Å². The minimum atomic E-state index is -0.885. The van der Waals surface area contributed by atoms with Crippen molar-refractivity contribution in [3.05, 3.63) is 109 Å². The maximum absolute atomic E-state index is 12.4. The number of carbonyl (C=O) groups excluding carboxylic acids is 1. The number of aliphatic hydroxyl groups excluding tert-OH is 2. The van der Waals surface area contributed by atoms with Crippen LogP contribution >= 0.6 is 0 Å². The van der Waals surface area contributed by atoms with E-state index in [1.54, 1.807) is 6.08 Å². The van der Waals surface area contributed by atoms with E-state index in [2.05, 4.69) is 116 Å². The Hall–Kier alpha value is -2.95. The van der Waals surface area contributed by atoms with Crippen LogP contribution in [0.15, 0.2) is 109 Å². The van der Waals surface area contributed by atoms with Crippen LogP contribution < -0.4 is 5.32 Å². The summed E-state index contributed by atoms with van der Waals surface area (Å²) in [5.41, 5.74) is 0. The van der Waals surface area contributed by atoms with Crippen molar-refractivity contribution in [3.63, 3.8) is 0 Å². The van der Waals surface area contributed by atoms with Crippen LogP contribution in [0.2, 0.25) is 0 Å². The summed E-state index contributed by atoms with van der Waals surface area (Å²) in [7, 11) is 0. The van der Waals surface area contributed by atoms with E-state index >= 15 is 0 Å². The van der Waals surface area contributed by atoms with E-state index < -0.39 is 12.1 Å². The minimum Gasteiger partial charge on any atom is -0.394 e. The highest BCUT2D eigenvalue weighted by Gasteiger charge is 2.17. The standard InChI is InChI=1S/C57H97NO3/c1-3-5-7-9-11-13-15-17-19-21-23-25-27-29-31-33-35-37-39-41-43-45-47-49-51-53-57(61)58-55(54-59)56(60)52-50-48-46-44-42-40-38-36-34-32-30-28-26-24-22-20-18-16-14-12-10-8-6-4-2/h5,7,11,13,17,19,23,25,29,31,34-37,42,44,50,52,55-56,59-60H,3-4,6,8-10,12,14-16,18,20-22,24,26-28,30,32-33,38-41,43,45-49,51,53-54H2,1-2H3,(H,58,61)/b7-5-,13-11-,19-17-,25-23-,31-29-,36-34+,37-35-,44-42+,52-50+. The molecule has 61 heavy (non-hydrogen) atoms. The van der Waals surface area contributed by atoms with E-state index in [0.29, 0.717) is 6.42 Å². The molecule has 4 nitrogen and oxygen atoms in total. The summed E-state index contributed by atoms with van der Waals surface area (Å²) in [6.45, 7) is 4.17. The highest BCUT2D eigenvalue weighted by atomic mass is 16.3. The summed E-state index contributed by atoms with van der Waals surface area (Å²) in [4.78, 5) is 12.4. The molecule has 0 aromatic heterocycles. The lowest BCUT2D eigenvalue weighted by Gasteiger charge is -2.19. The van der Waals surface area contributed by atoms with Crippen LogP contribution in [0.1, 0.15) is 226 Å². The lowest BCUT2D eigenvalue weighted by Crippen LogP contribution is -2.45. The summed E-state index contributed by atoms with van der Waals surface area (Å²) in [5, 5.41) is 23.1. The lowest BCUT2D eigenvalue weighted by molar-refractivity contribution is -0.123. The first kappa shape index (κ1) is 58.1. The summed E-state index contributed by atoms with van der Waals surface area (Å²) in [6, 6.07) is -0.662. The van der Waals surface area contributed by atoms with Gasteiger partial charge in [0.25, 0.3) is 0 Å². The maximum Gasteiger partial charge on any atom is 0.220 e. The van der Waals surface area contributed by atoms with Crippen molar-refractivity contribution in [1.29, 1.82) is 0 Å². The Kier molecular flexibility index (Phi) is 48.9. The largest absolute Gasteiger partial charge is 0.394 e. The van der Waals surface area contributed by atoms with E-state index in [-0.39, 0.29) is 12.5 Å². The monoisotopic (exact) mass is 844 g/mol. The lowest BCUT2D eigenvalue weighted by atomic mass is 10.0. The Balaban J connectivity index is 3.69. The molecule has 348 valence electrons. The smallest absolute Gasteiger partial charge is 0.220 e. The van der Waals surface area contributed by atoms with Crippen molar-refractivity contribution in [2.45, 2.75) is 238 Å². The first-order valence-electron chi connectivity index (χ1n) is 25.6. The zero-order valence-electron chi connectivity index (χ0n) is 39.9. The Labute approximate surface area is 378 Å². The minimum absolute atomic E-state index is 0.0966. The Morgan fingerprint density at radius 2 is 0.738 bits per heavy atom. The van der Waals surface area contributed by atoms with Crippen LogP contribution in [-0.4, -0.2) is 34.9 Å². The molecular formula is C57H97NO3. The van der Waals surface area contributed by atoms with Gasteiger partial charge in [-0.2, -0.15) is 0 Å². The van der Waals surface area contributed by atoms with E-state index in [9.17, 15) is 15.0 Å². The predicted molar refractivity (Wildman–Crippen MR) is 271 cm³/mol. The highest BCUT2D eigenvalue weighted by Crippen LogP contribution is 2.14. The Morgan fingerprint density at radius 3 is 1.15 bits per heavy atom. The molecule has 0 saturated heterocycles. The Morgan fingerprint density at radius 1 is 0.410 bits per heavy atom. The molecule has 0 heterocycles. The molecule has 0 aliphatic heterocycles. The quantitative estimate of drug-likeness (QED) is 0.0422. The zero-order valence-corrected chi connectivity index (χ0v) is 39.9. The van der Waals surface area contributed by atoms with Gasteiger partial charge >= 0.3 is 0 Å².